The van der Waals surface area contributed by atoms with E-state index < -0.39 is 77.8 Å². The second-order valence-corrected chi connectivity index (χ2v) is 29.4. The zero-order valence-corrected chi connectivity index (χ0v) is 63.2. The molecule has 3 heterocycles. The van der Waals surface area contributed by atoms with Crippen LogP contribution in [0.25, 0.3) is 0 Å². The first kappa shape index (κ1) is 82.9. The average Bonchev–Trinajstić information content (AvgIpc) is 0.777. The van der Waals surface area contributed by atoms with E-state index in [2.05, 4.69) is 72.6 Å². The maximum Gasteiger partial charge on any atom is 0.329 e. The highest BCUT2D eigenvalue weighted by Crippen LogP contribution is 2.42. The number of phenols is 1. The lowest BCUT2D eigenvalue weighted by Crippen LogP contribution is -2.61. The van der Waals surface area contributed by atoms with Gasteiger partial charge in [0, 0.05) is 83.3 Å². The van der Waals surface area contributed by atoms with Crippen LogP contribution in [0.1, 0.15) is 180 Å². The second kappa shape index (κ2) is 40.8. The van der Waals surface area contributed by atoms with Crippen molar-refractivity contribution in [2.24, 2.45) is 35.5 Å². The molecule has 3 aromatic rings. The number of amides is 1. The van der Waals surface area contributed by atoms with Gasteiger partial charge in [-0.15, -0.1) is 0 Å². The molecule has 3 aliphatic heterocycles. The van der Waals surface area contributed by atoms with Gasteiger partial charge in [-0.25, -0.2) is 4.79 Å². The molecule has 19 nitrogen and oxygen atoms in total. The minimum atomic E-state index is -2.43. The SMILES string of the molecule is CCNCCc1ccc(CN(CC)c2cc(OC)ccc2[C@@H]2CCc3cc(O)ccc3C2)cc1.CO[C@H]1C[C@@H]2CC[C@@H](C)[C@@](O)(O2)C(=O)C(=O)N2CCCC[C@H]2C(=O)O[C@H]([C@H](C)C[C@@H]2CC[C@@H](OCCO)[C@H](OC)C2)CC(=O)[C@H](C)/C=C(\C)[C@@H](O)[C@@H](OC)C(=O)[C@H](C)C[C@H](C)/C=C/C=CC=C1C. The van der Waals surface area contributed by atoms with Gasteiger partial charge in [-0.05, 0) is 205 Å². The highest BCUT2D eigenvalue weighted by molar-refractivity contribution is 6.39. The quantitative estimate of drug-likeness (QED) is 0.0324. The average molecular weight is 1420 g/mol. The zero-order valence-electron chi connectivity index (χ0n) is 63.2. The number of hydrogen-bond donors (Lipinski definition) is 5. The predicted molar refractivity (Wildman–Crippen MR) is 397 cm³/mol. The number of esters is 1. The Hall–Kier alpha value is -6.39. The number of aliphatic hydroxyl groups is 3. The molecule has 5 N–H and O–H groups in total. The highest BCUT2D eigenvalue weighted by Gasteiger charge is 2.53. The summed E-state index contributed by atoms with van der Waals surface area (Å²) < 4.78 is 41.2. The number of Topliss-reactive ketones (excluding diaryl/α,β-unsaturated/α-hetero) is 3. The van der Waals surface area contributed by atoms with Crippen LogP contribution in [0.5, 0.6) is 11.5 Å². The maximum absolute atomic E-state index is 14.5. The van der Waals surface area contributed by atoms with E-state index in [0.717, 1.165) is 69.6 Å². The molecule has 1 amide bonds. The van der Waals surface area contributed by atoms with Crippen molar-refractivity contribution in [3.8, 4) is 11.5 Å². The molecule has 2 bridgehead atoms. The smallest absolute Gasteiger partial charge is 0.329 e. The first-order chi connectivity index (χ1) is 48.9. The Morgan fingerprint density at radius 3 is 2.24 bits per heavy atom. The number of carbonyl (C=O) groups excluding carboxylic acids is 5. The minimum absolute atomic E-state index is 0.0158. The molecule has 0 spiro atoms. The molecule has 0 unspecified atom stereocenters. The zero-order chi connectivity index (χ0) is 74.2. The van der Waals surface area contributed by atoms with Crippen LogP contribution in [0.15, 0.2) is 108 Å². The van der Waals surface area contributed by atoms with Crippen LogP contribution in [0.2, 0.25) is 0 Å². The van der Waals surface area contributed by atoms with Gasteiger partial charge in [0.2, 0.25) is 5.79 Å². The lowest BCUT2D eigenvalue weighted by Gasteiger charge is -2.42. The first-order valence-corrected chi connectivity index (χ1v) is 37.6. The van der Waals surface area contributed by atoms with E-state index in [9.17, 15) is 44.4 Å². The van der Waals surface area contributed by atoms with Crippen molar-refractivity contribution in [3.63, 3.8) is 0 Å². The van der Waals surface area contributed by atoms with E-state index in [1.807, 2.05) is 70.2 Å². The van der Waals surface area contributed by atoms with Crippen molar-refractivity contribution >= 4 is 34.9 Å². The topological polar surface area (TPSA) is 249 Å². The van der Waals surface area contributed by atoms with Gasteiger partial charge in [-0.2, -0.15) is 0 Å². The van der Waals surface area contributed by atoms with Crippen LogP contribution in [0.4, 0.5) is 5.69 Å². The first-order valence-electron chi connectivity index (χ1n) is 37.6. The van der Waals surface area contributed by atoms with E-state index in [-0.39, 0.29) is 74.1 Å². The standard InChI is InChI=1S/C53H83NO14.C30H38N2O2/c1-32-16-12-11-13-17-33(2)44(63-8)30-40-21-19-38(7)53(62,68-40)50(59)51(60)54-23-15-14-18-41(54)52(61)67-45(35(4)28-39-20-22-43(66-25-24-55)46(29-39)64-9)31-42(56)34(3)27-37(6)48(58)49(65-10)47(57)36(5)26-32;1-4-31-17-16-22-6-8-23(9-7-22)21-32(5-2)30-20-28(34-3)14-15-29(30)26-11-10-25-19-27(33)13-12-24(25)18-26/h11-13,16-17,27,32,34-36,38-41,43-46,48-49,55,58,62H,14-15,18-26,28-31H2,1-10H3;6-9,12-15,19-20,26,31,33H,4-5,10-11,16-18,21H2,1-3H3/b13-11?,16-12+,33-17?,37-27+;/t32-,34-,35-,36-,38-,39+,40+,41+,43-,44+,45+,46-,48-,49+,53-;26-/m11/s1. The summed E-state index contributed by atoms with van der Waals surface area (Å²) in [6.45, 7) is 21.1. The molecular formula is C83H121N3O16. The molecule has 5 aliphatic rings. The fourth-order valence-corrected chi connectivity index (χ4v) is 15.6. The number of carbonyl (C=O) groups is 5. The van der Waals surface area contributed by atoms with Gasteiger partial charge < -0.3 is 68.7 Å². The molecule has 0 aromatic heterocycles. The Kier molecular flexibility index (Phi) is 33.1. The molecule has 2 aliphatic carbocycles. The van der Waals surface area contributed by atoms with E-state index in [1.54, 1.807) is 48.2 Å². The van der Waals surface area contributed by atoms with Crippen molar-refractivity contribution < 1.29 is 77.6 Å². The summed E-state index contributed by atoms with van der Waals surface area (Å²) in [6.07, 6.45) is 16.1. The normalized spacial score (nSPS) is 30.3. The summed E-state index contributed by atoms with van der Waals surface area (Å²) in [5.41, 5.74) is 9.27. The van der Waals surface area contributed by atoms with Crippen LogP contribution >= 0.6 is 0 Å². The number of hydrogen-bond acceptors (Lipinski definition) is 18. The van der Waals surface area contributed by atoms with Crippen LogP contribution in [-0.4, -0.2) is 177 Å². The third kappa shape index (κ3) is 22.8. The van der Waals surface area contributed by atoms with Crippen molar-refractivity contribution in [3.05, 3.63) is 136 Å². The van der Waals surface area contributed by atoms with Crippen LogP contribution < -0.4 is 15.0 Å². The number of likely N-dealkylation sites (N-methyl/N-ethyl adjacent to an activating group) is 1. The number of fused-ring (bicyclic) bond motifs is 4. The van der Waals surface area contributed by atoms with Crippen LogP contribution in [0, 0.1) is 35.5 Å². The Balaban J connectivity index is 0.000000355. The summed E-state index contributed by atoms with van der Waals surface area (Å²) in [7, 11) is 6.32. The largest absolute Gasteiger partial charge is 0.508 e. The molecule has 8 rings (SSSR count). The second-order valence-electron chi connectivity index (χ2n) is 29.4. The number of rotatable bonds is 19. The lowest BCUT2D eigenvalue weighted by atomic mass is 9.78. The number of cyclic esters (lactones) is 1. The number of nitrogens with zero attached hydrogens (tertiary/aromatic N) is 2. The van der Waals surface area contributed by atoms with Gasteiger partial charge in [0.1, 0.15) is 41.6 Å². The summed E-state index contributed by atoms with van der Waals surface area (Å²) in [4.78, 5) is 74.6. The van der Waals surface area contributed by atoms with Crippen molar-refractivity contribution in [1.29, 1.82) is 0 Å². The molecule has 0 radical (unpaired) electrons. The summed E-state index contributed by atoms with van der Waals surface area (Å²) in [6, 6.07) is 20.3. The third-order valence-corrected chi connectivity index (χ3v) is 21.9. The van der Waals surface area contributed by atoms with Crippen LogP contribution in [-0.2, 0) is 78.2 Å². The van der Waals surface area contributed by atoms with E-state index >= 15 is 0 Å². The highest BCUT2D eigenvalue weighted by atomic mass is 16.6. The fourth-order valence-electron chi connectivity index (χ4n) is 15.6. The number of piperidine rings is 1. The van der Waals surface area contributed by atoms with Gasteiger partial charge in [-0.3, -0.25) is 19.2 Å². The van der Waals surface area contributed by atoms with Gasteiger partial charge in [0.15, 0.2) is 5.78 Å². The summed E-state index contributed by atoms with van der Waals surface area (Å²) in [5.74, 6) is -6.24. The number of phenolic OH excluding ortho intramolecular Hbond substituents is 1. The molecule has 19 heteroatoms. The molecule has 102 heavy (non-hydrogen) atoms. The van der Waals surface area contributed by atoms with Crippen molar-refractivity contribution in [2.45, 2.75) is 232 Å². The number of methoxy groups -OCH3 is 4. The number of aryl methyl sites for hydroxylation is 1. The Morgan fingerprint density at radius 1 is 0.784 bits per heavy atom. The van der Waals surface area contributed by atoms with E-state index in [1.165, 1.54) is 45.5 Å². The van der Waals surface area contributed by atoms with E-state index in [0.29, 0.717) is 75.0 Å². The van der Waals surface area contributed by atoms with Crippen molar-refractivity contribution in [2.75, 3.05) is 72.7 Å². The molecule has 3 fully saturated rings. The summed E-state index contributed by atoms with van der Waals surface area (Å²) in [5, 5.41) is 46.1. The number of allylic oxidation sites excluding steroid dienone is 6. The fraction of sp³-hybridized carbons (Fsp3) is 0.627. The number of aliphatic hydroxyl groups excluding tert-OH is 2. The molecule has 1 saturated carbocycles. The molecule has 3 aromatic carbocycles. The Bertz CT molecular complexity index is 3310. The molecule has 564 valence electrons. The molecule has 16 atom stereocenters. The Morgan fingerprint density at radius 2 is 1.54 bits per heavy atom. The molecule has 2 saturated heterocycles. The number of ether oxygens (including phenoxy) is 7. The maximum atomic E-state index is 14.5. The number of benzene rings is 3. The lowest BCUT2D eigenvalue weighted by molar-refractivity contribution is -0.265. The predicted octanol–water partition coefficient (Wildman–Crippen LogP) is 12.0. The summed E-state index contributed by atoms with van der Waals surface area (Å²) >= 11 is 0. The molecular weight excluding hydrogens is 1290 g/mol. The third-order valence-electron chi connectivity index (χ3n) is 21.9. The van der Waals surface area contributed by atoms with E-state index in [4.69, 9.17) is 33.2 Å². The monoisotopic (exact) mass is 1420 g/mol. The minimum Gasteiger partial charge on any atom is -0.508 e. The number of nitrogens with one attached hydrogen (secondary N) is 1. The van der Waals surface area contributed by atoms with Gasteiger partial charge >= 0.3 is 5.97 Å². The van der Waals surface area contributed by atoms with Crippen LogP contribution in [0.3, 0.4) is 0 Å². The number of anilines is 1. The van der Waals surface area contributed by atoms with Gasteiger partial charge in [-0.1, -0.05) is 114 Å². The van der Waals surface area contributed by atoms with Gasteiger partial charge in [0.05, 0.1) is 44.7 Å². The number of ketones is 3. The van der Waals surface area contributed by atoms with Gasteiger partial charge in [0.25, 0.3) is 11.7 Å². The Labute approximate surface area is 607 Å². The number of aromatic hydroxyl groups is 1. The van der Waals surface area contributed by atoms with Crippen molar-refractivity contribution in [1.82, 2.24) is 10.2 Å².